The number of ether oxygens (including phenoxy) is 1. The van der Waals surface area contributed by atoms with Crippen molar-refractivity contribution in [3.63, 3.8) is 0 Å². The summed E-state index contributed by atoms with van der Waals surface area (Å²) >= 11 is 0. The molecule has 0 aromatic heterocycles. The Kier molecular flexibility index (Phi) is 4.56. The zero-order chi connectivity index (χ0) is 12.2. The smallest absolute Gasteiger partial charge is 0.434 e. The van der Waals surface area contributed by atoms with Crippen LogP contribution in [0.3, 0.4) is 0 Å². The SMILES string of the molecule is CN(OC1CCNCC1)C(=O)OC(C)(C)C. The van der Waals surface area contributed by atoms with Crippen LogP contribution in [0.25, 0.3) is 0 Å². The number of carbonyl (C=O) groups excluding carboxylic acids is 1. The number of hydrogen-bond acceptors (Lipinski definition) is 4. The van der Waals surface area contributed by atoms with Gasteiger partial charge in [-0.2, -0.15) is 5.06 Å². The van der Waals surface area contributed by atoms with Crippen LogP contribution < -0.4 is 5.32 Å². The minimum atomic E-state index is -0.483. The molecule has 0 aromatic rings. The fraction of sp³-hybridized carbons (Fsp3) is 0.909. The number of nitrogens with one attached hydrogen (secondary N) is 1. The quantitative estimate of drug-likeness (QED) is 0.731. The van der Waals surface area contributed by atoms with E-state index in [-0.39, 0.29) is 6.10 Å². The summed E-state index contributed by atoms with van der Waals surface area (Å²) in [6.45, 7) is 7.38. The molecule has 0 aliphatic carbocycles. The predicted molar refractivity (Wildman–Crippen MR) is 61.0 cm³/mol. The van der Waals surface area contributed by atoms with E-state index < -0.39 is 11.7 Å². The number of hydrogen-bond donors (Lipinski definition) is 1. The molecule has 0 saturated carbocycles. The molecule has 1 fully saturated rings. The third-order valence-corrected chi connectivity index (χ3v) is 2.24. The van der Waals surface area contributed by atoms with E-state index in [1.807, 2.05) is 20.8 Å². The Hall–Kier alpha value is -0.810. The Morgan fingerprint density at radius 2 is 1.88 bits per heavy atom. The van der Waals surface area contributed by atoms with Crippen molar-refractivity contribution in [2.24, 2.45) is 0 Å². The molecule has 5 nitrogen and oxygen atoms in total. The van der Waals surface area contributed by atoms with E-state index >= 15 is 0 Å². The summed E-state index contributed by atoms with van der Waals surface area (Å²) in [5.74, 6) is 0. The Balaban J connectivity index is 2.33. The number of nitrogens with zero attached hydrogens (tertiary/aromatic N) is 1. The van der Waals surface area contributed by atoms with Crippen molar-refractivity contribution in [3.8, 4) is 0 Å². The van der Waals surface area contributed by atoms with Gasteiger partial charge in [-0.3, -0.25) is 4.84 Å². The molecular formula is C11H22N2O3. The van der Waals surface area contributed by atoms with Gasteiger partial charge in [0, 0.05) is 7.05 Å². The summed E-state index contributed by atoms with van der Waals surface area (Å²) in [5, 5.41) is 4.44. The summed E-state index contributed by atoms with van der Waals surface area (Å²) in [7, 11) is 1.59. The highest BCUT2D eigenvalue weighted by Gasteiger charge is 2.23. The lowest BCUT2D eigenvalue weighted by Crippen LogP contribution is -2.40. The molecule has 5 heteroatoms. The minimum absolute atomic E-state index is 0.110. The van der Waals surface area contributed by atoms with E-state index in [4.69, 9.17) is 9.57 Å². The zero-order valence-corrected chi connectivity index (χ0v) is 10.6. The van der Waals surface area contributed by atoms with Gasteiger partial charge in [-0.05, 0) is 46.7 Å². The fourth-order valence-corrected chi connectivity index (χ4v) is 1.49. The average Bonchev–Trinajstić information content (AvgIpc) is 2.16. The van der Waals surface area contributed by atoms with Gasteiger partial charge in [0.15, 0.2) is 0 Å². The highest BCUT2D eigenvalue weighted by Crippen LogP contribution is 2.13. The van der Waals surface area contributed by atoms with Gasteiger partial charge in [0.05, 0.1) is 6.10 Å². The van der Waals surface area contributed by atoms with Crippen molar-refractivity contribution < 1.29 is 14.4 Å². The maximum absolute atomic E-state index is 11.6. The van der Waals surface area contributed by atoms with Gasteiger partial charge >= 0.3 is 6.09 Å². The normalized spacial score (nSPS) is 18.2. The second-order valence-electron chi connectivity index (χ2n) is 5.03. The van der Waals surface area contributed by atoms with E-state index in [0.29, 0.717) is 0 Å². The van der Waals surface area contributed by atoms with E-state index in [0.717, 1.165) is 25.9 Å². The fourth-order valence-electron chi connectivity index (χ4n) is 1.49. The zero-order valence-electron chi connectivity index (χ0n) is 10.6. The number of rotatable bonds is 2. The molecule has 1 aliphatic rings. The lowest BCUT2D eigenvalue weighted by molar-refractivity contribution is -0.173. The van der Waals surface area contributed by atoms with Gasteiger partial charge in [-0.1, -0.05) is 0 Å². The molecule has 0 bridgehead atoms. The largest absolute Gasteiger partial charge is 0.442 e. The molecule has 1 amide bonds. The second-order valence-corrected chi connectivity index (χ2v) is 5.03. The van der Waals surface area contributed by atoms with Crippen LogP contribution in [0.2, 0.25) is 0 Å². The molecule has 1 heterocycles. The topological polar surface area (TPSA) is 50.8 Å². The van der Waals surface area contributed by atoms with Crippen LogP contribution in [0.1, 0.15) is 33.6 Å². The van der Waals surface area contributed by atoms with Gasteiger partial charge in [-0.25, -0.2) is 4.79 Å². The van der Waals surface area contributed by atoms with E-state index in [2.05, 4.69) is 5.32 Å². The Morgan fingerprint density at radius 1 is 1.31 bits per heavy atom. The number of carbonyl (C=O) groups is 1. The van der Waals surface area contributed by atoms with Crippen LogP contribution in [-0.2, 0) is 9.57 Å². The lowest BCUT2D eigenvalue weighted by Gasteiger charge is -2.29. The Labute approximate surface area is 97.0 Å². The highest BCUT2D eigenvalue weighted by molar-refractivity contribution is 5.66. The van der Waals surface area contributed by atoms with E-state index in [1.165, 1.54) is 5.06 Å². The van der Waals surface area contributed by atoms with Gasteiger partial charge in [0.1, 0.15) is 5.60 Å². The summed E-state index contributed by atoms with van der Waals surface area (Å²) in [5.41, 5.74) is -0.483. The van der Waals surface area contributed by atoms with Crippen LogP contribution in [0, 0.1) is 0 Å². The summed E-state index contributed by atoms with van der Waals surface area (Å²) in [6, 6.07) is 0. The lowest BCUT2D eigenvalue weighted by atomic mass is 10.1. The van der Waals surface area contributed by atoms with E-state index in [1.54, 1.807) is 7.05 Å². The molecule has 1 aliphatic heterocycles. The molecule has 1 N–H and O–H groups in total. The maximum Gasteiger partial charge on any atom is 0.434 e. The van der Waals surface area contributed by atoms with Gasteiger partial charge in [0.25, 0.3) is 0 Å². The van der Waals surface area contributed by atoms with Crippen molar-refractivity contribution in [3.05, 3.63) is 0 Å². The van der Waals surface area contributed by atoms with Crippen LogP contribution in [0.5, 0.6) is 0 Å². The second kappa shape index (κ2) is 5.50. The van der Waals surface area contributed by atoms with Gasteiger partial charge in [-0.15, -0.1) is 0 Å². The molecule has 16 heavy (non-hydrogen) atoms. The maximum atomic E-state index is 11.6. The average molecular weight is 230 g/mol. The predicted octanol–water partition coefficient (Wildman–Crippen LogP) is 1.54. The molecular weight excluding hydrogens is 208 g/mol. The monoisotopic (exact) mass is 230 g/mol. The number of amides is 1. The van der Waals surface area contributed by atoms with Crippen molar-refractivity contribution in [1.29, 1.82) is 0 Å². The third-order valence-electron chi connectivity index (χ3n) is 2.24. The van der Waals surface area contributed by atoms with E-state index in [9.17, 15) is 4.79 Å². The minimum Gasteiger partial charge on any atom is -0.442 e. The number of piperidine rings is 1. The highest BCUT2D eigenvalue weighted by atomic mass is 16.7. The van der Waals surface area contributed by atoms with Crippen LogP contribution in [0.15, 0.2) is 0 Å². The van der Waals surface area contributed by atoms with Crippen LogP contribution in [0.4, 0.5) is 4.79 Å². The van der Waals surface area contributed by atoms with Crippen LogP contribution in [-0.4, -0.2) is 43.0 Å². The molecule has 0 aromatic carbocycles. The molecule has 1 rings (SSSR count). The molecule has 0 unspecified atom stereocenters. The first-order valence-corrected chi connectivity index (χ1v) is 5.73. The third kappa shape index (κ3) is 4.81. The Bertz CT molecular complexity index is 232. The molecule has 0 radical (unpaired) electrons. The van der Waals surface area contributed by atoms with Crippen molar-refractivity contribution >= 4 is 6.09 Å². The first kappa shape index (κ1) is 13.3. The van der Waals surface area contributed by atoms with Gasteiger partial charge in [0.2, 0.25) is 0 Å². The van der Waals surface area contributed by atoms with Gasteiger partial charge < -0.3 is 10.1 Å². The first-order chi connectivity index (χ1) is 7.38. The molecule has 94 valence electrons. The standard InChI is InChI=1S/C11H22N2O3/c1-11(2,3)15-10(14)13(4)16-9-5-7-12-8-6-9/h9,12H,5-8H2,1-4H3. The Morgan fingerprint density at radius 3 is 2.38 bits per heavy atom. The molecule has 1 saturated heterocycles. The van der Waals surface area contributed by atoms with Crippen molar-refractivity contribution in [2.45, 2.75) is 45.3 Å². The first-order valence-electron chi connectivity index (χ1n) is 5.73. The molecule has 0 spiro atoms. The van der Waals surface area contributed by atoms with Crippen molar-refractivity contribution in [1.82, 2.24) is 10.4 Å². The van der Waals surface area contributed by atoms with Crippen molar-refractivity contribution in [2.75, 3.05) is 20.1 Å². The summed E-state index contributed by atoms with van der Waals surface area (Å²) in [6.07, 6.45) is 1.52. The summed E-state index contributed by atoms with van der Waals surface area (Å²) in [4.78, 5) is 17.1. The number of hydroxylamine groups is 2. The summed E-state index contributed by atoms with van der Waals surface area (Å²) < 4.78 is 5.19. The molecule has 0 atom stereocenters. The van der Waals surface area contributed by atoms with Crippen LogP contribution >= 0.6 is 0 Å².